The Kier molecular flexibility index (Phi) is 5.17. The number of hydroxylamine groups is 2. The molecule has 1 aromatic carbocycles. The molecule has 1 aliphatic heterocycles. The van der Waals surface area contributed by atoms with Gasteiger partial charge in [0.25, 0.3) is 0 Å². The van der Waals surface area contributed by atoms with Gasteiger partial charge in [-0.3, -0.25) is 0 Å². The molecule has 0 saturated carbocycles. The molecule has 2 atom stereocenters. The average Bonchev–Trinajstić information content (AvgIpc) is 2.55. The van der Waals surface area contributed by atoms with Gasteiger partial charge in [0.15, 0.2) is 0 Å². The number of piperidine rings is 1. The van der Waals surface area contributed by atoms with E-state index in [1.54, 1.807) is 12.1 Å². The maximum Gasteiger partial charge on any atom is 0.338 e. The van der Waals surface area contributed by atoms with Crippen LogP contribution in [0.2, 0.25) is 0 Å². The lowest BCUT2D eigenvalue weighted by atomic mass is 9.68. The van der Waals surface area contributed by atoms with E-state index >= 15 is 0 Å². The zero-order valence-electron chi connectivity index (χ0n) is 14.9. The van der Waals surface area contributed by atoms with Gasteiger partial charge in [-0.1, -0.05) is 39.0 Å². The van der Waals surface area contributed by atoms with Crippen molar-refractivity contribution in [2.45, 2.75) is 71.1 Å². The fourth-order valence-electron chi connectivity index (χ4n) is 4.01. The molecule has 1 fully saturated rings. The molecule has 1 saturated heterocycles. The molecule has 4 heteroatoms. The third-order valence-corrected chi connectivity index (χ3v) is 5.59. The summed E-state index contributed by atoms with van der Waals surface area (Å²) in [6.45, 7) is 10.3. The Morgan fingerprint density at radius 1 is 1.26 bits per heavy atom. The molecule has 0 aliphatic carbocycles. The van der Waals surface area contributed by atoms with Crippen LogP contribution < -0.4 is 0 Å². The smallest absolute Gasteiger partial charge is 0.338 e. The first kappa shape index (κ1) is 18.0. The Morgan fingerprint density at radius 2 is 1.83 bits per heavy atom. The Labute approximate surface area is 139 Å². The molecule has 1 heterocycles. The van der Waals surface area contributed by atoms with Crippen LogP contribution in [-0.2, 0) is 4.74 Å². The summed E-state index contributed by atoms with van der Waals surface area (Å²) in [6.07, 6.45) is 2.03. The molecule has 0 aromatic heterocycles. The normalized spacial score (nSPS) is 26.7. The highest BCUT2D eigenvalue weighted by Crippen LogP contribution is 2.46. The van der Waals surface area contributed by atoms with Gasteiger partial charge in [0.1, 0.15) is 6.10 Å². The molecule has 2 unspecified atom stereocenters. The van der Waals surface area contributed by atoms with Gasteiger partial charge < -0.3 is 9.94 Å². The van der Waals surface area contributed by atoms with Crippen LogP contribution in [0.5, 0.6) is 0 Å². The molecule has 0 bridgehead atoms. The van der Waals surface area contributed by atoms with Crippen molar-refractivity contribution in [3.63, 3.8) is 0 Å². The maximum absolute atomic E-state index is 12.4. The van der Waals surface area contributed by atoms with Gasteiger partial charge in [-0.2, -0.15) is 5.06 Å². The Morgan fingerprint density at radius 3 is 2.35 bits per heavy atom. The van der Waals surface area contributed by atoms with Crippen LogP contribution in [0.1, 0.15) is 64.2 Å². The van der Waals surface area contributed by atoms with Gasteiger partial charge in [-0.25, -0.2) is 4.79 Å². The van der Waals surface area contributed by atoms with Crippen molar-refractivity contribution in [2.75, 3.05) is 0 Å². The zero-order valence-corrected chi connectivity index (χ0v) is 14.9. The van der Waals surface area contributed by atoms with Crippen LogP contribution >= 0.6 is 0 Å². The fraction of sp³-hybridized carbons (Fsp3) is 0.632. The van der Waals surface area contributed by atoms with Gasteiger partial charge >= 0.3 is 5.97 Å². The molecule has 2 rings (SSSR count). The number of hydrogen-bond acceptors (Lipinski definition) is 4. The summed E-state index contributed by atoms with van der Waals surface area (Å²) in [4.78, 5) is 12.4. The SMILES string of the molecule is CCC1(CC)C(C)C(OC(=O)c2ccccc2)CC(C)(C)N1O. The minimum Gasteiger partial charge on any atom is -0.458 e. The van der Waals surface area contributed by atoms with Gasteiger partial charge in [-0.15, -0.1) is 0 Å². The van der Waals surface area contributed by atoms with Crippen molar-refractivity contribution >= 4 is 5.97 Å². The number of rotatable bonds is 4. The standard InChI is InChI=1S/C19H29NO3/c1-6-19(7-2)14(3)16(13-18(4,5)20(19)22)23-17(21)15-11-9-8-10-12-15/h8-12,14,16,22H,6-7,13H2,1-5H3. The molecular formula is C19H29NO3. The number of carbonyl (C=O) groups excluding carboxylic acids is 1. The highest BCUT2D eigenvalue weighted by Gasteiger charge is 2.54. The molecule has 0 radical (unpaired) electrons. The van der Waals surface area contributed by atoms with Crippen molar-refractivity contribution in [1.82, 2.24) is 5.06 Å². The lowest BCUT2D eigenvalue weighted by Crippen LogP contribution is -2.67. The highest BCUT2D eigenvalue weighted by molar-refractivity contribution is 5.89. The van der Waals surface area contributed by atoms with Crippen LogP contribution in [0.25, 0.3) is 0 Å². The number of hydrogen-bond donors (Lipinski definition) is 1. The van der Waals surface area contributed by atoms with Crippen LogP contribution in [0.3, 0.4) is 0 Å². The van der Waals surface area contributed by atoms with Crippen molar-refractivity contribution in [3.8, 4) is 0 Å². The van der Waals surface area contributed by atoms with Gasteiger partial charge in [0.05, 0.1) is 11.1 Å². The van der Waals surface area contributed by atoms with Crippen LogP contribution in [0.15, 0.2) is 30.3 Å². The Hall–Kier alpha value is -1.39. The van der Waals surface area contributed by atoms with E-state index in [4.69, 9.17) is 4.74 Å². The van der Waals surface area contributed by atoms with E-state index in [2.05, 4.69) is 20.8 Å². The Balaban J connectivity index is 2.26. The van der Waals surface area contributed by atoms with Crippen molar-refractivity contribution < 1.29 is 14.7 Å². The predicted octanol–water partition coefficient (Wildman–Crippen LogP) is 4.28. The molecular weight excluding hydrogens is 290 g/mol. The summed E-state index contributed by atoms with van der Waals surface area (Å²) >= 11 is 0. The highest BCUT2D eigenvalue weighted by atomic mass is 16.5. The lowest BCUT2D eigenvalue weighted by Gasteiger charge is -2.57. The fourth-order valence-corrected chi connectivity index (χ4v) is 4.01. The van der Waals surface area contributed by atoms with Gasteiger partial charge in [0.2, 0.25) is 0 Å². The van der Waals surface area contributed by atoms with E-state index in [1.807, 2.05) is 32.0 Å². The number of nitrogens with zero attached hydrogens (tertiary/aromatic N) is 1. The molecule has 1 aliphatic rings. The Bertz CT molecular complexity index is 537. The minimum absolute atomic E-state index is 0.0585. The molecule has 0 amide bonds. The average molecular weight is 319 g/mol. The number of benzene rings is 1. The van der Waals surface area contributed by atoms with Gasteiger partial charge in [0, 0.05) is 17.9 Å². The number of carbonyl (C=O) groups is 1. The molecule has 4 nitrogen and oxygen atoms in total. The summed E-state index contributed by atoms with van der Waals surface area (Å²) in [5.74, 6) is -0.228. The molecule has 1 N–H and O–H groups in total. The van der Waals surface area contributed by atoms with Crippen molar-refractivity contribution in [1.29, 1.82) is 0 Å². The van der Waals surface area contributed by atoms with Crippen LogP contribution in [0.4, 0.5) is 0 Å². The number of ether oxygens (including phenoxy) is 1. The van der Waals surface area contributed by atoms with E-state index < -0.39 is 5.54 Å². The zero-order chi connectivity index (χ0) is 17.3. The third-order valence-electron chi connectivity index (χ3n) is 5.59. The number of esters is 1. The maximum atomic E-state index is 12.4. The molecule has 1 aromatic rings. The summed E-state index contributed by atoms with van der Waals surface area (Å²) in [6, 6.07) is 9.09. The molecule has 0 spiro atoms. The van der Waals surface area contributed by atoms with E-state index in [-0.39, 0.29) is 23.5 Å². The first-order valence-corrected chi connectivity index (χ1v) is 8.53. The summed E-state index contributed by atoms with van der Waals surface area (Å²) in [5.41, 5.74) is -0.230. The van der Waals surface area contributed by atoms with Gasteiger partial charge in [-0.05, 0) is 38.8 Å². The van der Waals surface area contributed by atoms with E-state index in [0.29, 0.717) is 12.0 Å². The van der Waals surface area contributed by atoms with Crippen molar-refractivity contribution in [2.24, 2.45) is 5.92 Å². The van der Waals surface area contributed by atoms with E-state index in [9.17, 15) is 10.0 Å². The minimum atomic E-state index is -0.430. The lowest BCUT2D eigenvalue weighted by molar-refractivity contribution is -0.287. The largest absolute Gasteiger partial charge is 0.458 e. The predicted molar refractivity (Wildman–Crippen MR) is 90.4 cm³/mol. The second-order valence-corrected chi connectivity index (χ2v) is 7.24. The monoisotopic (exact) mass is 319 g/mol. The van der Waals surface area contributed by atoms with E-state index in [0.717, 1.165) is 12.8 Å². The van der Waals surface area contributed by atoms with Crippen molar-refractivity contribution in [3.05, 3.63) is 35.9 Å². The first-order chi connectivity index (χ1) is 10.8. The second-order valence-electron chi connectivity index (χ2n) is 7.24. The summed E-state index contributed by atoms with van der Waals surface area (Å²) in [5, 5.41) is 12.3. The first-order valence-electron chi connectivity index (χ1n) is 8.53. The quantitative estimate of drug-likeness (QED) is 0.842. The molecule has 128 valence electrons. The summed E-state index contributed by atoms with van der Waals surface area (Å²) in [7, 11) is 0. The topological polar surface area (TPSA) is 49.8 Å². The van der Waals surface area contributed by atoms with Crippen LogP contribution in [-0.4, -0.2) is 33.4 Å². The molecule has 23 heavy (non-hydrogen) atoms. The van der Waals surface area contributed by atoms with E-state index in [1.165, 1.54) is 5.06 Å². The summed E-state index contributed by atoms with van der Waals surface area (Å²) < 4.78 is 5.86. The van der Waals surface area contributed by atoms with Crippen LogP contribution in [0, 0.1) is 5.92 Å². The second kappa shape index (κ2) is 6.62. The third kappa shape index (κ3) is 3.15.